The van der Waals surface area contributed by atoms with E-state index in [1.165, 1.54) is 10.5 Å². The van der Waals surface area contributed by atoms with Gasteiger partial charge in [0.2, 0.25) is 0 Å². The van der Waals surface area contributed by atoms with E-state index in [9.17, 15) is 0 Å². The highest BCUT2D eigenvalue weighted by Gasteiger charge is 2.16. The first kappa shape index (κ1) is 10.9. The Bertz CT molecular complexity index is 299. The predicted octanol–water partition coefficient (Wildman–Crippen LogP) is 3.26. The number of hydrogen-bond acceptors (Lipinski definition) is 1. The fourth-order valence-corrected chi connectivity index (χ4v) is 3.19. The van der Waals surface area contributed by atoms with Gasteiger partial charge in [-0.05, 0) is 24.8 Å². The number of rotatable bonds is 2. The Morgan fingerprint density at radius 3 is 2.23 bits per heavy atom. The van der Waals surface area contributed by atoms with Crippen molar-refractivity contribution in [1.82, 2.24) is 0 Å². The van der Waals surface area contributed by atoms with Gasteiger partial charge in [-0.1, -0.05) is 37.0 Å². The molecule has 0 unspecified atom stereocenters. The van der Waals surface area contributed by atoms with Crippen molar-refractivity contribution in [1.29, 1.82) is 0 Å². The van der Waals surface area contributed by atoms with E-state index >= 15 is 0 Å². The highest BCUT2D eigenvalue weighted by molar-refractivity contribution is 7.98. The first-order valence-electron chi connectivity index (χ1n) is 4.60. The highest BCUT2D eigenvalue weighted by Crippen LogP contribution is 2.19. The standard InChI is InChI=1S/C11H18SSi/c1-9-6-7-10(13(3,4)5)8-11(9)12-2/h6-8H,1-5H3. The van der Waals surface area contributed by atoms with Crippen molar-refractivity contribution >= 4 is 25.0 Å². The van der Waals surface area contributed by atoms with Crippen molar-refractivity contribution in [2.75, 3.05) is 6.26 Å². The summed E-state index contributed by atoms with van der Waals surface area (Å²) in [6, 6.07) is 6.91. The van der Waals surface area contributed by atoms with Gasteiger partial charge < -0.3 is 0 Å². The average molecular weight is 210 g/mol. The largest absolute Gasteiger partial charge is 0.129 e. The number of benzene rings is 1. The smallest absolute Gasteiger partial charge is 0.0776 e. The van der Waals surface area contributed by atoms with Crippen molar-refractivity contribution < 1.29 is 0 Å². The molecule has 0 aliphatic rings. The first-order valence-corrected chi connectivity index (χ1v) is 9.33. The van der Waals surface area contributed by atoms with Crippen LogP contribution in [0.15, 0.2) is 23.1 Å². The summed E-state index contributed by atoms with van der Waals surface area (Å²) < 4.78 is 0. The third-order valence-corrected chi connectivity index (χ3v) is 5.20. The fourth-order valence-electron chi connectivity index (χ4n) is 1.29. The molecule has 1 aromatic carbocycles. The predicted molar refractivity (Wildman–Crippen MR) is 65.9 cm³/mol. The summed E-state index contributed by atoms with van der Waals surface area (Å²) in [5.74, 6) is 0. The van der Waals surface area contributed by atoms with Gasteiger partial charge in [0, 0.05) is 4.90 Å². The van der Waals surface area contributed by atoms with Crippen LogP contribution in [0.25, 0.3) is 0 Å². The summed E-state index contributed by atoms with van der Waals surface area (Å²) in [6.07, 6.45) is 2.15. The van der Waals surface area contributed by atoms with Gasteiger partial charge in [-0.25, -0.2) is 0 Å². The van der Waals surface area contributed by atoms with Crippen LogP contribution in [0.3, 0.4) is 0 Å². The van der Waals surface area contributed by atoms with Crippen LogP contribution in [0, 0.1) is 6.92 Å². The molecule has 0 spiro atoms. The first-order chi connectivity index (χ1) is 5.95. The van der Waals surface area contributed by atoms with Gasteiger partial charge >= 0.3 is 0 Å². The van der Waals surface area contributed by atoms with Crippen LogP contribution in [-0.2, 0) is 0 Å². The average Bonchev–Trinajstić information content (AvgIpc) is 2.03. The Morgan fingerprint density at radius 1 is 1.15 bits per heavy atom. The van der Waals surface area contributed by atoms with E-state index in [1.807, 2.05) is 11.8 Å². The molecule has 0 fully saturated rings. The minimum absolute atomic E-state index is 1.12. The third-order valence-electron chi connectivity index (χ3n) is 2.27. The lowest BCUT2D eigenvalue weighted by molar-refractivity contribution is 1.32. The minimum atomic E-state index is -1.12. The topological polar surface area (TPSA) is 0 Å². The molecular weight excluding hydrogens is 192 g/mol. The van der Waals surface area contributed by atoms with E-state index in [2.05, 4.69) is 51.0 Å². The lowest BCUT2D eigenvalue weighted by atomic mass is 10.2. The van der Waals surface area contributed by atoms with Crippen LogP contribution >= 0.6 is 11.8 Å². The second kappa shape index (κ2) is 3.89. The van der Waals surface area contributed by atoms with Crippen molar-refractivity contribution in [2.45, 2.75) is 31.5 Å². The van der Waals surface area contributed by atoms with Crippen LogP contribution in [0.2, 0.25) is 19.6 Å². The molecule has 1 rings (SSSR count). The third kappa shape index (κ3) is 2.61. The summed E-state index contributed by atoms with van der Waals surface area (Å²) in [5, 5.41) is 1.56. The summed E-state index contributed by atoms with van der Waals surface area (Å²) in [6.45, 7) is 9.35. The molecule has 2 heteroatoms. The molecule has 0 saturated carbocycles. The van der Waals surface area contributed by atoms with Crippen molar-refractivity contribution in [2.24, 2.45) is 0 Å². The number of hydrogen-bond donors (Lipinski definition) is 0. The maximum Gasteiger partial charge on any atom is 0.0776 e. The summed E-state index contributed by atoms with van der Waals surface area (Å²) in [5.41, 5.74) is 1.40. The molecule has 0 radical (unpaired) electrons. The number of aryl methyl sites for hydroxylation is 1. The van der Waals surface area contributed by atoms with Gasteiger partial charge in [0.1, 0.15) is 0 Å². The van der Waals surface area contributed by atoms with Crippen molar-refractivity contribution in [3.8, 4) is 0 Å². The van der Waals surface area contributed by atoms with Crippen LogP contribution in [0.1, 0.15) is 5.56 Å². The van der Waals surface area contributed by atoms with Crippen LogP contribution < -0.4 is 5.19 Å². The molecule has 0 saturated heterocycles. The molecule has 0 aliphatic carbocycles. The van der Waals surface area contributed by atoms with E-state index in [4.69, 9.17) is 0 Å². The summed E-state index contributed by atoms with van der Waals surface area (Å²) >= 11 is 1.85. The SMILES string of the molecule is CSc1cc([Si](C)(C)C)ccc1C. The van der Waals surface area contributed by atoms with E-state index in [-0.39, 0.29) is 0 Å². The highest BCUT2D eigenvalue weighted by atomic mass is 32.2. The zero-order valence-electron chi connectivity index (χ0n) is 9.14. The van der Waals surface area contributed by atoms with Gasteiger partial charge in [-0.15, -0.1) is 11.8 Å². The maximum absolute atomic E-state index is 2.39. The van der Waals surface area contributed by atoms with Crippen molar-refractivity contribution in [3.63, 3.8) is 0 Å². The van der Waals surface area contributed by atoms with Gasteiger partial charge in [-0.3, -0.25) is 0 Å². The van der Waals surface area contributed by atoms with E-state index in [1.54, 1.807) is 5.19 Å². The van der Waals surface area contributed by atoms with Crippen LogP contribution in [0.5, 0.6) is 0 Å². The molecule has 72 valence electrons. The molecule has 0 heterocycles. The zero-order chi connectivity index (χ0) is 10.1. The summed E-state index contributed by atoms with van der Waals surface area (Å²) in [7, 11) is -1.12. The van der Waals surface area contributed by atoms with Crippen LogP contribution in [-0.4, -0.2) is 14.3 Å². The summed E-state index contributed by atoms with van der Waals surface area (Å²) in [4.78, 5) is 1.43. The molecule has 0 N–H and O–H groups in total. The molecule has 1 aromatic rings. The van der Waals surface area contributed by atoms with Gasteiger partial charge in [0.15, 0.2) is 0 Å². The lowest BCUT2D eigenvalue weighted by Crippen LogP contribution is -2.37. The van der Waals surface area contributed by atoms with Crippen molar-refractivity contribution in [3.05, 3.63) is 23.8 Å². The molecule has 13 heavy (non-hydrogen) atoms. The molecule has 0 nitrogen and oxygen atoms in total. The Morgan fingerprint density at radius 2 is 1.77 bits per heavy atom. The normalized spacial score (nSPS) is 11.8. The van der Waals surface area contributed by atoms with E-state index in [0.29, 0.717) is 0 Å². The molecular formula is C11H18SSi. The van der Waals surface area contributed by atoms with Crippen LogP contribution in [0.4, 0.5) is 0 Å². The van der Waals surface area contributed by atoms with Gasteiger partial charge in [0.25, 0.3) is 0 Å². The lowest BCUT2D eigenvalue weighted by Gasteiger charge is -2.18. The van der Waals surface area contributed by atoms with Gasteiger partial charge in [-0.2, -0.15) is 0 Å². The second-order valence-electron chi connectivity index (χ2n) is 4.43. The zero-order valence-corrected chi connectivity index (χ0v) is 11.0. The monoisotopic (exact) mass is 210 g/mol. The second-order valence-corrected chi connectivity index (χ2v) is 10.4. The molecule has 0 aromatic heterocycles. The molecule has 0 aliphatic heterocycles. The quantitative estimate of drug-likeness (QED) is 0.533. The Kier molecular flexibility index (Phi) is 3.25. The van der Waals surface area contributed by atoms with E-state index < -0.39 is 8.07 Å². The Hall–Kier alpha value is -0.213. The molecule has 0 bridgehead atoms. The van der Waals surface area contributed by atoms with Gasteiger partial charge in [0.05, 0.1) is 8.07 Å². The fraction of sp³-hybridized carbons (Fsp3) is 0.455. The molecule has 0 amide bonds. The maximum atomic E-state index is 2.39. The van der Waals surface area contributed by atoms with E-state index in [0.717, 1.165) is 0 Å². The number of thioether (sulfide) groups is 1. The Balaban J connectivity index is 3.14. The molecule has 0 atom stereocenters. The minimum Gasteiger partial charge on any atom is -0.129 e. The Labute approximate surface area is 86.8 Å².